The SMILES string of the molecule is CNC(=O)N1CCS(=O)(=O)c2ccccc21. The number of carbonyl (C=O) groups excluding carboxylic acids is 1. The van der Waals surface area contributed by atoms with Crippen LogP contribution in [0, 0.1) is 0 Å². The second-order valence-electron chi connectivity index (χ2n) is 3.49. The molecule has 0 unspecified atom stereocenters. The third-order valence-electron chi connectivity index (χ3n) is 2.53. The highest BCUT2D eigenvalue weighted by Gasteiger charge is 2.30. The molecule has 2 amide bonds. The fourth-order valence-electron chi connectivity index (χ4n) is 1.73. The molecular formula is C10H12N2O3S. The van der Waals surface area contributed by atoms with Crippen LogP contribution in [0.25, 0.3) is 0 Å². The predicted octanol–water partition coefficient (Wildman–Crippen LogP) is 0.620. The van der Waals surface area contributed by atoms with Crippen molar-refractivity contribution in [3.63, 3.8) is 0 Å². The maximum absolute atomic E-state index is 11.8. The van der Waals surface area contributed by atoms with Crippen LogP contribution < -0.4 is 10.2 Å². The second kappa shape index (κ2) is 3.79. The first-order chi connectivity index (χ1) is 7.56. The lowest BCUT2D eigenvalue weighted by Gasteiger charge is -2.28. The minimum Gasteiger partial charge on any atom is -0.341 e. The van der Waals surface area contributed by atoms with Crippen molar-refractivity contribution in [1.82, 2.24) is 5.32 Å². The highest BCUT2D eigenvalue weighted by atomic mass is 32.2. The number of rotatable bonds is 0. The molecule has 0 aromatic heterocycles. The number of anilines is 1. The van der Waals surface area contributed by atoms with Crippen LogP contribution in [0.3, 0.4) is 0 Å². The molecule has 1 N–H and O–H groups in total. The van der Waals surface area contributed by atoms with Crippen LogP contribution in [-0.2, 0) is 9.84 Å². The molecule has 1 heterocycles. The quantitative estimate of drug-likeness (QED) is 0.723. The number of hydrogen-bond donors (Lipinski definition) is 1. The van der Waals surface area contributed by atoms with Gasteiger partial charge in [0.15, 0.2) is 9.84 Å². The highest BCUT2D eigenvalue weighted by Crippen LogP contribution is 2.29. The summed E-state index contributed by atoms with van der Waals surface area (Å²) in [5, 5.41) is 2.50. The third-order valence-corrected chi connectivity index (χ3v) is 4.27. The minimum absolute atomic E-state index is 0.0303. The molecule has 1 aromatic carbocycles. The zero-order chi connectivity index (χ0) is 11.8. The van der Waals surface area contributed by atoms with Gasteiger partial charge in [-0.25, -0.2) is 13.2 Å². The molecule has 0 spiro atoms. The topological polar surface area (TPSA) is 66.5 Å². The summed E-state index contributed by atoms with van der Waals surface area (Å²) in [5.74, 6) is -0.0303. The normalized spacial score (nSPS) is 17.7. The van der Waals surface area contributed by atoms with E-state index < -0.39 is 9.84 Å². The van der Waals surface area contributed by atoms with E-state index in [-0.39, 0.29) is 23.2 Å². The van der Waals surface area contributed by atoms with Gasteiger partial charge in [-0.15, -0.1) is 0 Å². The van der Waals surface area contributed by atoms with Gasteiger partial charge in [0.2, 0.25) is 0 Å². The first-order valence-corrected chi connectivity index (χ1v) is 6.52. The molecule has 0 bridgehead atoms. The van der Waals surface area contributed by atoms with E-state index in [1.165, 1.54) is 18.0 Å². The van der Waals surface area contributed by atoms with Crippen LogP contribution in [0.5, 0.6) is 0 Å². The van der Waals surface area contributed by atoms with Crippen LogP contribution in [0.1, 0.15) is 0 Å². The molecule has 2 rings (SSSR count). The van der Waals surface area contributed by atoms with Gasteiger partial charge in [-0.1, -0.05) is 12.1 Å². The summed E-state index contributed by atoms with van der Waals surface area (Å²) in [6.07, 6.45) is 0. The van der Waals surface area contributed by atoms with Crippen LogP contribution in [-0.4, -0.2) is 33.8 Å². The van der Waals surface area contributed by atoms with Crippen molar-refractivity contribution in [3.05, 3.63) is 24.3 Å². The Morgan fingerprint density at radius 1 is 1.38 bits per heavy atom. The molecular weight excluding hydrogens is 228 g/mol. The van der Waals surface area contributed by atoms with E-state index in [0.717, 1.165) is 0 Å². The first-order valence-electron chi connectivity index (χ1n) is 4.87. The summed E-state index contributed by atoms with van der Waals surface area (Å²) in [6.45, 7) is 0.193. The number of carbonyl (C=O) groups is 1. The van der Waals surface area contributed by atoms with E-state index in [9.17, 15) is 13.2 Å². The summed E-state index contributed by atoms with van der Waals surface area (Å²) in [5.41, 5.74) is 0.452. The molecule has 6 heteroatoms. The lowest BCUT2D eigenvalue weighted by atomic mass is 10.3. The molecule has 0 atom stereocenters. The number of para-hydroxylation sites is 1. The summed E-state index contributed by atoms with van der Waals surface area (Å²) in [7, 11) is -1.72. The van der Waals surface area contributed by atoms with Crippen molar-refractivity contribution < 1.29 is 13.2 Å². The van der Waals surface area contributed by atoms with Gasteiger partial charge in [-0.3, -0.25) is 4.90 Å². The van der Waals surface area contributed by atoms with Gasteiger partial charge in [0, 0.05) is 13.6 Å². The molecule has 0 fully saturated rings. The third kappa shape index (κ3) is 1.65. The van der Waals surface area contributed by atoms with E-state index in [1.54, 1.807) is 18.2 Å². The number of nitrogens with one attached hydrogen (secondary N) is 1. The molecule has 0 saturated carbocycles. The van der Waals surface area contributed by atoms with Crippen LogP contribution in [0.15, 0.2) is 29.2 Å². The van der Waals surface area contributed by atoms with Gasteiger partial charge in [-0.05, 0) is 12.1 Å². The number of urea groups is 1. The smallest absolute Gasteiger partial charge is 0.321 e. The molecule has 1 aliphatic rings. The van der Waals surface area contributed by atoms with Gasteiger partial charge in [-0.2, -0.15) is 0 Å². The fraction of sp³-hybridized carbons (Fsp3) is 0.300. The molecule has 16 heavy (non-hydrogen) atoms. The van der Waals surface area contributed by atoms with Gasteiger partial charge in [0.25, 0.3) is 0 Å². The number of hydrogen-bond acceptors (Lipinski definition) is 3. The summed E-state index contributed by atoms with van der Waals surface area (Å²) < 4.78 is 23.5. The average Bonchev–Trinajstić information content (AvgIpc) is 2.28. The van der Waals surface area contributed by atoms with E-state index in [1.807, 2.05) is 0 Å². The molecule has 0 radical (unpaired) electrons. The number of benzene rings is 1. The number of nitrogens with zero attached hydrogens (tertiary/aromatic N) is 1. The first kappa shape index (κ1) is 10.9. The maximum atomic E-state index is 11.8. The number of amides is 2. The monoisotopic (exact) mass is 240 g/mol. The molecule has 0 saturated heterocycles. The Kier molecular flexibility index (Phi) is 2.59. The molecule has 5 nitrogen and oxygen atoms in total. The lowest BCUT2D eigenvalue weighted by Crippen LogP contribution is -2.44. The molecule has 0 aliphatic carbocycles. The molecule has 86 valence electrons. The number of sulfone groups is 1. The van der Waals surface area contributed by atoms with Crippen molar-refractivity contribution in [2.45, 2.75) is 4.90 Å². The Balaban J connectivity index is 2.56. The zero-order valence-corrected chi connectivity index (χ0v) is 9.62. The van der Waals surface area contributed by atoms with E-state index in [4.69, 9.17) is 0 Å². The highest BCUT2D eigenvalue weighted by molar-refractivity contribution is 7.91. The Morgan fingerprint density at radius 2 is 2.06 bits per heavy atom. The largest absolute Gasteiger partial charge is 0.341 e. The molecule has 1 aromatic rings. The maximum Gasteiger partial charge on any atom is 0.321 e. The van der Waals surface area contributed by atoms with E-state index in [0.29, 0.717) is 5.69 Å². The summed E-state index contributed by atoms with van der Waals surface area (Å²) >= 11 is 0. The van der Waals surface area contributed by atoms with Crippen LogP contribution in [0.2, 0.25) is 0 Å². The summed E-state index contributed by atoms with van der Waals surface area (Å²) in [6, 6.07) is 6.25. The van der Waals surface area contributed by atoms with Gasteiger partial charge < -0.3 is 5.32 Å². The van der Waals surface area contributed by atoms with Crippen molar-refractivity contribution in [2.24, 2.45) is 0 Å². The second-order valence-corrected chi connectivity index (χ2v) is 5.57. The van der Waals surface area contributed by atoms with Gasteiger partial charge >= 0.3 is 6.03 Å². The van der Waals surface area contributed by atoms with Gasteiger partial charge in [0.05, 0.1) is 16.3 Å². The van der Waals surface area contributed by atoms with E-state index >= 15 is 0 Å². The molecule has 1 aliphatic heterocycles. The standard InChI is InChI=1S/C10H12N2O3S/c1-11-10(13)12-6-7-16(14,15)9-5-3-2-4-8(9)12/h2-5H,6-7H2,1H3,(H,11,13). The summed E-state index contributed by atoms with van der Waals surface area (Å²) in [4.78, 5) is 13.2. The fourth-order valence-corrected chi connectivity index (χ4v) is 3.16. The Morgan fingerprint density at radius 3 is 2.75 bits per heavy atom. The van der Waals surface area contributed by atoms with Crippen molar-refractivity contribution in [2.75, 3.05) is 24.2 Å². The zero-order valence-electron chi connectivity index (χ0n) is 8.80. The van der Waals surface area contributed by atoms with Crippen LogP contribution in [0.4, 0.5) is 10.5 Å². The van der Waals surface area contributed by atoms with Crippen LogP contribution >= 0.6 is 0 Å². The Hall–Kier alpha value is -1.56. The predicted molar refractivity (Wildman–Crippen MR) is 60.3 cm³/mol. The Labute approximate surface area is 94.0 Å². The van der Waals surface area contributed by atoms with Crippen molar-refractivity contribution in [1.29, 1.82) is 0 Å². The minimum atomic E-state index is -3.24. The van der Waals surface area contributed by atoms with Gasteiger partial charge in [0.1, 0.15) is 0 Å². The van der Waals surface area contributed by atoms with E-state index in [2.05, 4.69) is 5.32 Å². The lowest BCUT2D eigenvalue weighted by molar-refractivity contribution is 0.248. The number of fused-ring (bicyclic) bond motifs is 1. The van der Waals surface area contributed by atoms with Crippen molar-refractivity contribution >= 4 is 21.6 Å². The van der Waals surface area contributed by atoms with Crippen molar-refractivity contribution in [3.8, 4) is 0 Å². The Bertz CT molecular complexity index is 525. The average molecular weight is 240 g/mol.